The fraction of sp³-hybridized carbons (Fsp3) is 0.286. The van der Waals surface area contributed by atoms with Crippen molar-refractivity contribution < 1.29 is 28.5 Å². The molecule has 3 aromatic rings. The highest BCUT2D eigenvalue weighted by molar-refractivity contribution is 6.04. The minimum Gasteiger partial charge on any atom is -0.493 e. The second-order valence-corrected chi connectivity index (χ2v) is 9.01. The molecule has 3 aromatic carbocycles. The van der Waals surface area contributed by atoms with Crippen LogP contribution in [0.3, 0.4) is 0 Å². The van der Waals surface area contributed by atoms with Crippen LogP contribution in [0.4, 0.5) is 5.69 Å². The van der Waals surface area contributed by atoms with Gasteiger partial charge in [0.2, 0.25) is 5.91 Å². The zero-order valence-corrected chi connectivity index (χ0v) is 20.1. The average molecular weight is 487 g/mol. The Balaban J connectivity index is 1.44. The van der Waals surface area contributed by atoms with E-state index in [0.717, 1.165) is 11.1 Å². The summed E-state index contributed by atoms with van der Waals surface area (Å²) in [7, 11) is 3.18. The molecule has 0 bridgehead atoms. The normalized spacial score (nSPS) is 19.5. The first-order chi connectivity index (χ1) is 17.6. The third-order valence-electron chi connectivity index (χ3n) is 7.12. The highest BCUT2D eigenvalue weighted by atomic mass is 16.6. The topological polar surface area (TPSA) is 86.3 Å². The monoisotopic (exact) mass is 486 g/mol. The van der Waals surface area contributed by atoms with Crippen LogP contribution in [-0.2, 0) is 11.2 Å². The van der Waals surface area contributed by atoms with Gasteiger partial charge in [0.1, 0.15) is 13.2 Å². The van der Waals surface area contributed by atoms with Gasteiger partial charge < -0.3 is 29.2 Å². The molecule has 0 unspecified atom stereocenters. The summed E-state index contributed by atoms with van der Waals surface area (Å²) >= 11 is 0. The van der Waals surface area contributed by atoms with Crippen molar-refractivity contribution in [2.45, 2.75) is 18.4 Å². The first kappa shape index (κ1) is 22.3. The predicted octanol–water partition coefficient (Wildman–Crippen LogP) is 3.95. The van der Waals surface area contributed by atoms with Crippen LogP contribution in [0, 0.1) is 0 Å². The number of carbonyl (C=O) groups is 2. The summed E-state index contributed by atoms with van der Waals surface area (Å²) < 4.78 is 22.4. The van der Waals surface area contributed by atoms with Gasteiger partial charge in [0.05, 0.1) is 26.2 Å². The van der Waals surface area contributed by atoms with Gasteiger partial charge >= 0.3 is 0 Å². The molecule has 8 heteroatoms. The molecule has 1 N–H and O–H groups in total. The highest BCUT2D eigenvalue weighted by Crippen LogP contribution is 2.48. The molecule has 3 heterocycles. The fourth-order valence-electron chi connectivity index (χ4n) is 5.48. The second kappa shape index (κ2) is 8.78. The molecule has 0 radical (unpaired) electrons. The lowest BCUT2D eigenvalue weighted by Gasteiger charge is -2.45. The number of amides is 2. The molecule has 8 nitrogen and oxygen atoms in total. The number of carbonyl (C=O) groups excluding carboxylic acids is 2. The van der Waals surface area contributed by atoms with E-state index in [0.29, 0.717) is 66.0 Å². The van der Waals surface area contributed by atoms with Crippen LogP contribution in [0.25, 0.3) is 0 Å². The molecule has 0 saturated heterocycles. The summed E-state index contributed by atoms with van der Waals surface area (Å²) in [4.78, 5) is 29.3. The minimum atomic E-state index is -0.621. The van der Waals surface area contributed by atoms with Crippen LogP contribution < -0.4 is 24.3 Å². The van der Waals surface area contributed by atoms with Crippen molar-refractivity contribution in [1.82, 2.24) is 4.90 Å². The van der Waals surface area contributed by atoms with Gasteiger partial charge in [-0.3, -0.25) is 9.59 Å². The Labute approximate surface area is 208 Å². The van der Waals surface area contributed by atoms with Gasteiger partial charge in [0.15, 0.2) is 23.0 Å². The standard InChI is InChI=1S/C28H26N2O6/c1-33-22-13-16-9-10-30-26(20(16)15-23(22)34-2)25(18-5-3-4-6-19(18)28(30)32)27(31)29-17-7-8-21-24(14-17)36-12-11-35-21/h3-8,13-15,25-26H,9-12H2,1-2H3,(H,29,31)/t25-,26-/m0/s1. The van der Waals surface area contributed by atoms with E-state index in [-0.39, 0.29) is 11.8 Å². The fourth-order valence-corrected chi connectivity index (χ4v) is 5.48. The number of nitrogens with one attached hydrogen (secondary N) is 1. The van der Waals surface area contributed by atoms with Crippen LogP contribution >= 0.6 is 0 Å². The number of rotatable bonds is 4. The lowest BCUT2D eigenvalue weighted by Crippen LogP contribution is -2.49. The molecule has 0 fully saturated rings. The van der Waals surface area contributed by atoms with Crippen molar-refractivity contribution >= 4 is 17.5 Å². The summed E-state index contributed by atoms with van der Waals surface area (Å²) in [5, 5.41) is 3.06. The number of hydrogen-bond acceptors (Lipinski definition) is 6. The number of fused-ring (bicyclic) bond motifs is 5. The Morgan fingerprint density at radius 2 is 1.69 bits per heavy atom. The van der Waals surface area contributed by atoms with E-state index in [2.05, 4.69) is 5.32 Å². The van der Waals surface area contributed by atoms with Crippen LogP contribution in [0.2, 0.25) is 0 Å². The smallest absolute Gasteiger partial charge is 0.254 e. The van der Waals surface area contributed by atoms with Gasteiger partial charge in [-0.05, 0) is 53.4 Å². The number of benzene rings is 3. The summed E-state index contributed by atoms with van der Waals surface area (Å²) in [5.41, 5.74) is 3.80. The molecule has 0 saturated carbocycles. The predicted molar refractivity (Wildman–Crippen MR) is 132 cm³/mol. The van der Waals surface area contributed by atoms with Crippen molar-refractivity contribution in [1.29, 1.82) is 0 Å². The Hall–Kier alpha value is -4.20. The van der Waals surface area contributed by atoms with Crippen molar-refractivity contribution in [2.24, 2.45) is 0 Å². The Kier molecular flexibility index (Phi) is 5.44. The summed E-state index contributed by atoms with van der Waals surface area (Å²) in [6.07, 6.45) is 0.663. The van der Waals surface area contributed by atoms with Crippen molar-refractivity contribution in [3.8, 4) is 23.0 Å². The third kappa shape index (κ3) is 3.52. The first-order valence-electron chi connectivity index (χ1n) is 11.9. The van der Waals surface area contributed by atoms with E-state index in [1.54, 1.807) is 38.5 Å². The number of hydrogen-bond donors (Lipinski definition) is 1. The molecular weight excluding hydrogens is 460 g/mol. The van der Waals surface area contributed by atoms with Crippen molar-refractivity contribution in [3.63, 3.8) is 0 Å². The molecule has 6 rings (SSSR count). The molecule has 0 spiro atoms. The maximum Gasteiger partial charge on any atom is 0.254 e. The van der Waals surface area contributed by atoms with Gasteiger partial charge in [0.25, 0.3) is 5.91 Å². The van der Waals surface area contributed by atoms with E-state index in [4.69, 9.17) is 18.9 Å². The minimum absolute atomic E-state index is 0.0700. The Morgan fingerprint density at radius 1 is 0.944 bits per heavy atom. The molecule has 0 aromatic heterocycles. The molecule has 2 atom stereocenters. The summed E-state index contributed by atoms with van der Waals surface area (Å²) in [5.74, 6) is 1.55. The quantitative estimate of drug-likeness (QED) is 0.601. The number of nitrogens with zero attached hydrogens (tertiary/aromatic N) is 1. The molecule has 2 amide bonds. The summed E-state index contributed by atoms with van der Waals surface area (Å²) in [6, 6.07) is 16.1. The largest absolute Gasteiger partial charge is 0.493 e. The Morgan fingerprint density at radius 3 is 2.50 bits per heavy atom. The van der Waals surface area contributed by atoms with E-state index >= 15 is 0 Å². The van der Waals surface area contributed by atoms with Gasteiger partial charge in [-0.2, -0.15) is 0 Å². The van der Waals surface area contributed by atoms with E-state index in [1.807, 2.05) is 35.2 Å². The average Bonchev–Trinajstić information content (AvgIpc) is 2.92. The molecule has 3 aliphatic heterocycles. The van der Waals surface area contributed by atoms with Crippen LogP contribution in [-0.4, -0.2) is 50.7 Å². The SMILES string of the molecule is COc1cc2c(cc1OC)[C@H]1[C@@H](C(=O)Nc3ccc4c(c3)OCCO4)c3ccccc3C(=O)N1CC2. The molecule has 184 valence electrons. The van der Waals surface area contributed by atoms with Crippen LogP contribution in [0.5, 0.6) is 23.0 Å². The van der Waals surface area contributed by atoms with Gasteiger partial charge in [-0.1, -0.05) is 18.2 Å². The summed E-state index contributed by atoms with van der Waals surface area (Å²) in [6.45, 7) is 1.46. The maximum absolute atomic E-state index is 14.0. The molecule has 36 heavy (non-hydrogen) atoms. The maximum atomic E-state index is 14.0. The number of methoxy groups -OCH3 is 2. The first-order valence-corrected chi connectivity index (χ1v) is 11.9. The second-order valence-electron chi connectivity index (χ2n) is 9.01. The third-order valence-corrected chi connectivity index (χ3v) is 7.12. The molecule has 3 aliphatic rings. The lowest BCUT2D eigenvalue weighted by atomic mass is 9.75. The van der Waals surface area contributed by atoms with Gasteiger partial charge in [0, 0.05) is 23.9 Å². The lowest BCUT2D eigenvalue weighted by molar-refractivity contribution is -0.119. The van der Waals surface area contributed by atoms with Crippen molar-refractivity contribution in [3.05, 3.63) is 76.9 Å². The van der Waals surface area contributed by atoms with E-state index < -0.39 is 12.0 Å². The van der Waals surface area contributed by atoms with Gasteiger partial charge in [-0.15, -0.1) is 0 Å². The van der Waals surface area contributed by atoms with Crippen molar-refractivity contribution in [2.75, 3.05) is 39.3 Å². The zero-order chi connectivity index (χ0) is 24.8. The van der Waals surface area contributed by atoms with Gasteiger partial charge in [-0.25, -0.2) is 0 Å². The number of anilines is 1. The van der Waals surface area contributed by atoms with Crippen LogP contribution in [0.1, 0.15) is 39.0 Å². The van der Waals surface area contributed by atoms with E-state index in [1.165, 1.54) is 0 Å². The molecule has 0 aliphatic carbocycles. The highest BCUT2D eigenvalue weighted by Gasteiger charge is 2.46. The zero-order valence-electron chi connectivity index (χ0n) is 20.1. The van der Waals surface area contributed by atoms with Crippen LogP contribution in [0.15, 0.2) is 54.6 Å². The molecular formula is C28H26N2O6. The number of ether oxygens (including phenoxy) is 4. The Bertz CT molecular complexity index is 1370. The van der Waals surface area contributed by atoms with E-state index in [9.17, 15) is 9.59 Å².